The number of ketones is 1. The van der Waals surface area contributed by atoms with Crippen LogP contribution in [0.1, 0.15) is 19.8 Å². The molecule has 0 unspecified atom stereocenters. The van der Waals surface area contributed by atoms with Crippen LogP contribution in [-0.2, 0) is 4.79 Å². The third kappa shape index (κ3) is 4.53. The number of hydrogen-bond donors (Lipinski definition) is 1. The van der Waals surface area contributed by atoms with Gasteiger partial charge in [0.2, 0.25) is 0 Å². The Labute approximate surface area is 59.0 Å². The van der Waals surface area contributed by atoms with Crippen molar-refractivity contribution in [2.24, 2.45) is 0 Å². The molecule has 0 aliphatic carbocycles. The van der Waals surface area contributed by atoms with Gasteiger partial charge in [0, 0.05) is 18.6 Å². The van der Waals surface area contributed by atoms with E-state index in [-0.39, 0.29) is 0 Å². The van der Waals surface area contributed by atoms with Gasteiger partial charge in [-0.1, -0.05) is 17.7 Å². The van der Waals surface area contributed by atoms with Crippen LogP contribution in [0.5, 0.6) is 0 Å². The highest BCUT2D eigenvalue weighted by molar-refractivity contribution is 8.68. The summed E-state index contributed by atoms with van der Waals surface area (Å²) in [5.74, 6) is 1.17. The summed E-state index contributed by atoms with van der Waals surface area (Å²) in [5.41, 5.74) is 0. The molecule has 0 radical (unpaired) electrons. The standard InChI is InChI=1S/C5H10OS2/c1-2-5(6)3-4-8-7/h7H,2-4H2,1H3. The first-order valence-electron chi connectivity index (χ1n) is 2.59. The zero-order chi connectivity index (χ0) is 6.41. The van der Waals surface area contributed by atoms with Crippen LogP contribution in [0.3, 0.4) is 0 Å². The first-order chi connectivity index (χ1) is 3.81. The predicted octanol–water partition coefficient (Wildman–Crippen LogP) is 1.93. The maximum atomic E-state index is 10.5. The summed E-state index contributed by atoms with van der Waals surface area (Å²) in [6.45, 7) is 1.88. The van der Waals surface area contributed by atoms with E-state index in [9.17, 15) is 4.79 Å². The fourth-order valence-corrected chi connectivity index (χ4v) is 0.929. The smallest absolute Gasteiger partial charge is 0.133 e. The lowest BCUT2D eigenvalue weighted by Crippen LogP contribution is -1.94. The van der Waals surface area contributed by atoms with Crippen molar-refractivity contribution >= 4 is 28.2 Å². The summed E-state index contributed by atoms with van der Waals surface area (Å²) in [7, 11) is 1.42. The molecule has 0 aromatic carbocycles. The van der Waals surface area contributed by atoms with E-state index in [0.717, 1.165) is 5.75 Å². The van der Waals surface area contributed by atoms with Crippen molar-refractivity contribution < 1.29 is 4.79 Å². The minimum absolute atomic E-state index is 0.326. The fourth-order valence-electron chi connectivity index (χ4n) is 0.336. The third-order valence-corrected chi connectivity index (χ3v) is 1.80. The van der Waals surface area contributed by atoms with Crippen LogP contribution in [0, 0.1) is 0 Å². The number of rotatable bonds is 4. The van der Waals surface area contributed by atoms with Crippen LogP contribution < -0.4 is 0 Å². The largest absolute Gasteiger partial charge is 0.300 e. The molecule has 0 amide bonds. The van der Waals surface area contributed by atoms with Gasteiger partial charge in [0.15, 0.2) is 0 Å². The van der Waals surface area contributed by atoms with E-state index >= 15 is 0 Å². The van der Waals surface area contributed by atoms with E-state index in [2.05, 4.69) is 11.7 Å². The molecule has 0 fully saturated rings. The van der Waals surface area contributed by atoms with Crippen molar-refractivity contribution in [3.05, 3.63) is 0 Å². The zero-order valence-electron chi connectivity index (χ0n) is 4.89. The maximum absolute atomic E-state index is 10.5. The molecule has 0 atom stereocenters. The van der Waals surface area contributed by atoms with Crippen molar-refractivity contribution in [2.45, 2.75) is 19.8 Å². The van der Waals surface area contributed by atoms with Gasteiger partial charge in [0.05, 0.1) is 0 Å². The highest BCUT2D eigenvalue weighted by Gasteiger charge is 1.94. The Morgan fingerprint density at radius 1 is 1.75 bits per heavy atom. The molecule has 3 heteroatoms. The van der Waals surface area contributed by atoms with Gasteiger partial charge in [-0.2, -0.15) is 0 Å². The Morgan fingerprint density at radius 2 is 2.38 bits per heavy atom. The molecule has 0 saturated heterocycles. The fraction of sp³-hybridized carbons (Fsp3) is 0.800. The number of Topliss-reactive ketones (excluding diaryl/α,β-unsaturated/α-hetero) is 1. The maximum Gasteiger partial charge on any atom is 0.133 e. The van der Waals surface area contributed by atoms with Crippen molar-refractivity contribution in [3.63, 3.8) is 0 Å². The van der Waals surface area contributed by atoms with Crippen LogP contribution in [0.4, 0.5) is 0 Å². The summed E-state index contributed by atoms with van der Waals surface area (Å²) < 4.78 is 0. The Morgan fingerprint density at radius 3 is 2.75 bits per heavy atom. The Bertz CT molecular complexity index is 72.8. The molecule has 0 aliphatic heterocycles. The van der Waals surface area contributed by atoms with Gasteiger partial charge in [-0.15, -0.1) is 11.7 Å². The summed E-state index contributed by atoms with van der Waals surface area (Å²) >= 11 is 3.90. The molecular weight excluding hydrogens is 140 g/mol. The summed E-state index contributed by atoms with van der Waals surface area (Å²) in [6.07, 6.45) is 1.33. The SMILES string of the molecule is CCC(=O)CCSS. The molecule has 1 nitrogen and oxygen atoms in total. The van der Waals surface area contributed by atoms with Gasteiger partial charge in [-0.3, -0.25) is 4.79 Å². The van der Waals surface area contributed by atoms with Gasteiger partial charge in [-0.05, 0) is 0 Å². The van der Waals surface area contributed by atoms with E-state index in [0.29, 0.717) is 18.6 Å². The van der Waals surface area contributed by atoms with Crippen LogP contribution in [-0.4, -0.2) is 11.5 Å². The van der Waals surface area contributed by atoms with Gasteiger partial charge in [0.1, 0.15) is 5.78 Å². The minimum atomic E-state index is 0.326. The molecule has 48 valence electrons. The second-order valence-corrected chi connectivity index (χ2v) is 2.92. The van der Waals surface area contributed by atoms with E-state index in [4.69, 9.17) is 0 Å². The second kappa shape index (κ2) is 5.51. The van der Waals surface area contributed by atoms with E-state index in [1.807, 2.05) is 6.92 Å². The van der Waals surface area contributed by atoms with Crippen LogP contribution in [0.25, 0.3) is 0 Å². The number of carbonyl (C=O) groups is 1. The molecule has 0 aliphatic rings. The van der Waals surface area contributed by atoms with Crippen molar-refractivity contribution in [2.75, 3.05) is 5.75 Å². The Hall–Kier alpha value is 0.370. The quantitative estimate of drug-likeness (QED) is 0.487. The highest BCUT2D eigenvalue weighted by atomic mass is 33.1. The first kappa shape index (κ1) is 8.37. The zero-order valence-corrected chi connectivity index (χ0v) is 6.60. The Balaban J connectivity index is 2.99. The van der Waals surface area contributed by atoms with Crippen molar-refractivity contribution in [1.82, 2.24) is 0 Å². The molecule has 0 spiro atoms. The summed E-state index contributed by atoms with van der Waals surface area (Å²) in [6, 6.07) is 0. The molecule has 0 saturated carbocycles. The molecule has 0 heterocycles. The van der Waals surface area contributed by atoms with Crippen LogP contribution >= 0.6 is 22.5 Å². The van der Waals surface area contributed by atoms with Gasteiger partial charge in [-0.25, -0.2) is 0 Å². The Kier molecular flexibility index (Phi) is 5.76. The number of hydrogen-bond acceptors (Lipinski definition) is 3. The lowest BCUT2D eigenvalue weighted by atomic mass is 10.2. The van der Waals surface area contributed by atoms with Crippen molar-refractivity contribution in [1.29, 1.82) is 0 Å². The van der Waals surface area contributed by atoms with Gasteiger partial charge < -0.3 is 0 Å². The van der Waals surface area contributed by atoms with Crippen LogP contribution in [0.2, 0.25) is 0 Å². The first-order valence-corrected chi connectivity index (χ1v) is 4.63. The second-order valence-electron chi connectivity index (χ2n) is 1.48. The monoisotopic (exact) mass is 150 g/mol. The lowest BCUT2D eigenvalue weighted by Gasteiger charge is -1.90. The molecule has 0 aromatic rings. The van der Waals surface area contributed by atoms with E-state index < -0.39 is 0 Å². The van der Waals surface area contributed by atoms with Crippen molar-refractivity contribution in [3.8, 4) is 0 Å². The third-order valence-electron chi connectivity index (χ3n) is 0.867. The predicted molar refractivity (Wildman–Crippen MR) is 41.4 cm³/mol. The lowest BCUT2D eigenvalue weighted by molar-refractivity contribution is -0.118. The molecule has 0 rings (SSSR count). The number of carbonyl (C=O) groups excluding carboxylic acids is 1. The molecular formula is C5H10OS2. The number of thiol groups is 1. The topological polar surface area (TPSA) is 17.1 Å². The molecule has 0 N–H and O–H groups in total. The van der Waals surface area contributed by atoms with Gasteiger partial charge in [0.25, 0.3) is 0 Å². The summed E-state index contributed by atoms with van der Waals surface area (Å²) in [5, 5.41) is 0. The summed E-state index contributed by atoms with van der Waals surface area (Å²) in [4.78, 5) is 10.5. The van der Waals surface area contributed by atoms with Gasteiger partial charge >= 0.3 is 0 Å². The highest BCUT2D eigenvalue weighted by Crippen LogP contribution is 2.06. The molecule has 0 bridgehead atoms. The average molecular weight is 150 g/mol. The molecule has 8 heavy (non-hydrogen) atoms. The van der Waals surface area contributed by atoms with Crippen LogP contribution in [0.15, 0.2) is 0 Å². The normalized spacial score (nSPS) is 9.25. The minimum Gasteiger partial charge on any atom is -0.300 e. The molecule has 0 aromatic heterocycles. The van der Waals surface area contributed by atoms with E-state index in [1.54, 1.807) is 0 Å². The average Bonchev–Trinajstić information content (AvgIpc) is 1.83. The van der Waals surface area contributed by atoms with E-state index in [1.165, 1.54) is 10.8 Å².